The summed E-state index contributed by atoms with van der Waals surface area (Å²) in [7, 11) is 2.03. The van der Waals surface area contributed by atoms with Gasteiger partial charge in [0.2, 0.25) is 11.8 Å². The minimum absolute atomic E-state index is 0.0326. The Bertz CT molecular complexity index is 1180. The fourth-order valence-electron chi connectivity index (χ4n) is 6.23. The Morgan fingerprint density at radius 3 is 2.68 bits per heavy atom. The van der Waals surface area contributed by atoms with Crippen LogP contribution in [0.3, 0.4) is 0 Å². The molecule has 0 aromatic carbocycles. The van der Waals surface area contributed by atoms with Gasteiger partial charge in [0, 0.05) is 55.8 Å². The lowest BCUT2D eigenvalue weighted by atomic mass is 9.83. The third-order valence-electron chi connectivity index (χ3n) is 7.96. The lowest BCUT2D eigenvalue weighted by molar-refractivity contribution is -0.134. The molecule has 180 valence electrons. The van der Waals surface area contributed by atoms with Crippen LogP contribution in [-0.2, 0) is 16.6 Å². The fourth-order valence-corrected chi connectivity index (χ4v) is 6.23. The number of aryl methyl sites for hydroxylation is 1. The van der Waals surface area contributed by atoms with Crippen molar-refractivity contribution in [3.63, 3.8) is 0 Å². The van der Waals surface area contributed by atoms with Crippen LogP contribution in [-0.4, -0.2) is 61.8 Å². The Morgan fingerprint density at radius 2 is 2.00 bits per heavy atom. The van der Waals surface area contributed by atoms with Gasteiger partial charge in [0.25, 0.3) is 0 Å². The van der Waals surface area contributed by atoms with Crippen LogP contribution < -0.4 is 5.73 Å². The Labute approximate surface area is 200 Å². The van der Waals surface area contributed by atoms with E-state index in [0.717, 1.165) is 73.9 Å². The maximum absolute atomic E-state index is 13.0. The fraction of sp³-hybridized carbons (Fsp3) is 0.538. The molecule has 34 heavy (non-hydrogen) atoms. The number of anilines is 1. The average Bonchev–Trinajstić information content (AvgIpc) is 3.57. The first-order valence-corrected chi connectivity index (χ1v) is 12.4. The SMILES string of the molecule is C=CC(=O)N1CC(c2c(C3=CC[C@@H](C(=O)N4CCCC4)CC3)c3c(N)ncnc3n2C)C[C@@H]1C. The first kappa shape index (κ1) is 22.6. The van der Waals surface area contributed by atoms with Crippen LogP contribution >= 0.6 is 0 Å². The predicted molar refractivity (Wildman–Crippen MR) is 133 cm³/mol. The molecule has 2 N–H and O–H groups in total. The molecule has 2 saturated heterocycles. The van der Waals surface area contributed by atoms with Gasteiger partial charge in [-0.25, -0.2) is 9.97 Å². The minimum atomic E-state index is -0.0326. The van der Waals surface area contributed by atoms with Crippen molar-refractivity contribution < 1.29 is 9.59 Å². The van der Waals surface area contributed by atoms with Crippen molar-refractivity contribution in [2.24, 2.45) is 13.0 Å². The van der Waals surface area contributed by atoms with E-state index in [0.29, 0.717) is 18.3 Å². The summed E-state index contributed by atoms with van der Waals surface area (Å²) in [5, 5.41) is 0.886. The molecule has 2 aliphatic heterocycles. The molecular formula is C26H34N6O2. The lowest BCUT2D eigenvalue weighted by Gasteiger charge is -2.27. The molecule has 2 amide bonds. The maximum Gasteiger partial charge on any atom is 0.246 e. The van der Waals surface area contributed by atoms with Gasteiger partial charge in [0.05, 0.1) is 5.39 Å². The van der Waals surface area contributed by atoms with Crippen LogP contribution in [0.2, 0.25) is 0 Å². The molecule has 3 atom stereocenters. The molecule has 2 aromatic rings. The van der Waals surface area contributed by atoms with E-state index in [9.17, 15) is 9.59 Å². The molecule has 1 aliphatic carbocycles. The third-order valence-corrected chi connectivity index (χ3v) is 7.96. The summed E-state index contributed by atoms with van der Waals surface area (Å²) in [6, 6.07) is 0.132. The number of nitrogen functional groups attached to an aromatic ring is 1. The standard InChI is InChI=1S/C26H34N6O2/c1-4-20(33)32-14-19(13-16(32)2)23-21(22-24(27)28-15-29-25(22)30(23)3)17-7-9-18(10-8-17)26(34)31-11-5-6-12-31/h4,7,15-16,18-19H,1,5-6,8-14H2,2-3H3,(H2,27,28,29)/t16-,18+,19?/m0/s1. The zero-order valence-electron chi connectivity index (χ0n) is 20.2. The van der Waals surface area contributed by atoms with Crippen LogP contribution in [0.25, 0.3) is 16.6 Å². The summed E-state index contributed by atoms with van der Waals surface area (Å²) in [6.07, 6.45) is 10.6. The minimum Gasteiger partial charge on any atom is -0.383 e. The number of hydrogen-bond acceptors (Lipinski definition) is 5. The van der Waals surface area contributed by atoms with Gasteiger partial charge >= 0.3 is 0 Å². The number of carbonyl (C=O) groups excluding carboxylic acids is 2. The Kier molecular flexibility index (Phi) is 5.91. The third kappa shape index (κ3) is 3.69. The number of nitrogens with two attached hydrogens (primary N) is 1. The van der Waals surface area contributed by atoms with Crippen molar-refractivity contribution in [1.29, 1.82) is 0 Å². The zero-order valence-corrected chi connectivity index (χ0v) is 20.2. The van der Waals surface area contributed by atoms with E-state index < -0.39 is 0 Å². The van der Waals surface area contributed by atoms with Crippen molar-refractivity contribution in [2.75, 3.05) is 25.4 Å². The van der Waals surface area contributed by atoms with Crippen LogP contribution in [0.15, 0.2) is 25.1 Å². The molecule has 2 fully saturated rings. The predicted octanol–water partition coefficient (Wildman–Crippen LogP) is 3.25. The summed E-state index contributed by atoms with van der Waals surface area (Å²) in [5.41, 5.74) is 10.7. The molecule has 0 saturated carbocycles. The van der Waals surface area contributed by atoms with Crippen molar-refractivity contribution >= 4 is 34.2 Å². The van der Waals surface area contributed by atoms with Gasteiger partial charge in [0.1, 0.15) is 17.8 Å². The second-order valence-corrected chi connectivity index (χ2v) is 9.99. The Balaban J connectivity index is 1.53. The Morgan fingerprint density at radius 1 is 1.24 bits per heavy atom. The molecule has 4 heterocycles. The number of fused-ring (bicyclic) bond motifs is 1. The summed E-state index contributed by atoms with van der Waals surface area (Å²) < 4.78 is 2.13. The second kappa shape index (κ2) is 8.89. The molecule has 2 aromatic heterocycles. The smallest absolute Gasteiger partial charge is 0.246 e. The van der Waals surface area contributed by atoms with Crippen molar-refractivity contribution in [2.45, 2.75) is 57.4 Å². The number of amides is 2. The summed E-state index contributed by atoms with van der Waals surface area (Å²) in [4.78, 5) is 38.2. The largest absolute Gasteiger partial charge is 0.383 e. The highest BCUT2D eigenvalue weighted by Crippen LogP contribution is 2.44. The van der Waals surface area contributed by atoms with Crippen molar-refractivity contribution in [1.82, 2.24) is 24.3 Å². The van der Waals surface area contributed by atoms with Crippen LogP contribution in [0, 0.1) is 5.92 Å². The molecule has 1 unspecified atom stereocenters. The molecule has 0 spiro atoms. The number of rotatable bonds is 4. The average molecular weight is 463 g/mol. The van der Waals surface area contributed by atoms with Crippen LogP contribution in [0.5, 0.6) is 0 Å². The summed E-state index contributed by atoms with van der Waals surface area (Å²) >= 11 is 0. The van der Waals surface area contributed by atoms with Crippen LogP contribution in [0.4, 0.5) is 5.82 Å². The second-order valence-electron chi connectivity index (χ2n) is 9.99. The molecule has 8 heteroatoms. The number of carbonyl (C=O) groups is 2. The van der Waals surface area contributed by atoms with E-state index in [4.69, 9.17) is 5.73 Å². The molecule has 8 nitrogen and oxygen atoms in total. The van der Waals surface area contributed by atoms with Crippen molar-refractivity contribution in [3.05, 3.63) is 36.3 Å². The summed E-state index contributed by atoms with van der Waals surface area (Å²) in [6.45, 7) is 8.19. The zero-order chi connectivity index (χ0) is 24.0. The highest BCUT2D eigenvalue weighted by Gasteiger charge is 2.37. The molecular weight excluding hydrogens is 428 g/mol. The molecule has 5 rings (SSSR count). The number of likely N-dealkylation sites (tertiary alicyclic amines) is 2. The number of allylic oxidation sites excluding steroid dienone is 2. The number of aromatic nitrogens is 3. The molecule has 3 aliphatic rings. The summed E-state index contributed by atoms with van der Waals surface area (Å²) in [5.74, 6) is 0.966. The van der Waals surface area contributed by atoms with Gasteiger partial charge in [-0.2, -0.15) is 0 Å². The van der Waals surface area contributed by atoms with Gasteiger partial charge < -0.3 is 20.1 Å². The van der Waals surface area contributed by atoms with E-state index in [1.807, 2.05) is 16.8 Å². The number of hydrogen-bond donors (Lipinski definition) is 1. The van der Waals surface area contributed by atoms with Crippen LogP contribution in [0.1, 0.15) is 62.6 Å². The highest BCUT2D eigenvalue weighted by molar-refractivity contribution is 6.00. The van der Waals surface area contributed by atoms with Gasteiger partial charge in [-0.05, 0) is 57.1 Å². The number of nitrogens with zero attached hydrogens (tertiary/aromatic N) is 5. The lowest BCUT2D eigenvalue weighted by Crippen LogP contribution is -2.34. The monoisotopic (exact) mass is 462 g/mol. The highest BCUT2D eigenvalue weighted by atomic mass is 16.2. The maximum atomic E-state index is 13.0. The van der Waals surface area contributed by atoms with E-state index in [1.54, 1.807) is 0 Å². The van der Waals surface area contributed by atoms with Gasteiger partial charge in [-0.15, -0.1) is 0 Å². The van der Waals surface area contributed by atoms with E-state index in [-0.39, 0.29) is 23.8 Å². The molecule has 0 radical (unpaired) electrons. The van der Waals surface area contributed by atoms with Crippen molar-refractivity contribution in [3.8, 4) is 0 Å². The first-order chi connectivity index (χ1) is 16.4. The normalized spacial score (nSPS) is 25.1. The van der Waals surface area contributed by atoms with Gasteiger partial charge in [0.15, 0.2) is 0 Å². The van der Waals surface area contributed by atoms with Gasteiger partial charge in [-0.3, -0.25) is 9.59 Å². The molecule has 0 bridgehead atoms. The quantitative estimate of drug-likeness (QED) is 0.704. The van der Waals surface area contributed by atoms with E-state index in [2.05, 4.69) is 34.1 Å². The Hall–Kier alpha value is -3.16. The topological polar surface area (TPSA) is 97.3 Å². The van der Waals surface area contributed by atoms with Gasteiger partial charge in [-0.1, -0.05) is 12.7 Å². The van der Waals surface area contributed by atoms with E-state index in [1.165, 1.54) is 18.0 Å². The first-order valence-electron chi connectivity index (χ1n) is 12.4. The van der Waals surface area contributed by atoms with E-state index >= 15 is 0 Å².